The Morgan fingerprint density at radius 2 is 2.05 bits per heavy atom. The summed E-state index contributed by atoms with van der Waals surface area (Å²) in [6.45, 7) is 2.58. The summed E-state index contributed by atoms with van der Waals surface area (Å²) in [6, 6.07) is 0. The normalized spacial score (nSPS) is 16.7. The van der Waals surface area contributed by atoms with Gasteiger partial charge in [-0.15, -0.1) is 0 Å². The van der Waals surface area contributed by atoms with Crippen LogP contribution in [0.4, 0.5) is 5.95 Å². The van der Waals surface area contributed by atoms with Gasteiger partial charge in [-0.3, -0.25) is 19.2 Å². The fourth-order valence-corrected chi connectivity index (χ4v) is 2.51. The van der Waals surface area contributed by atoms with E-state index in [9.17, 15) is 19.5 Å². The number of rotatable bonds is 2. The van der Waals surface area contributed by atoms with Crippen LogP contribution in [-0.2, 0) is 16.1 Å². The molecule has 1 fully saturated rings. The molecule has 2 aliphatic heterocycles. The number of amides is 1. The molecule has 0 spiro atoms. The summed E-state index contributed by atoms with van der Waals surface area (Å²) in [6.07, 6.45) is 0.747. The topological polar surface area (TPSA) is 105 Å². The van der Waals surface area contributed by atoms with Crippen LogP contribution in [0.3, 0.4) is 0 Å². The minimum atomic E-state index is -0.863. The Balaban J connectivity index is 2.15. The van der Waals surface area contributed by atoms with Gasteiger partial charge in [0.05, 0.1) is 6.61 Å². The number of fused-ring (bicyclic) bond motifs is 3. The molecule has 0 unspecified atom stereocenters. The number of esters is 1. The number of carbonyl (C=O) groups is 2. The molecule has 1 amide bonds. The zero-order valence-electron chi connectivity index (χ0n) is 11.4. The van der Waals surface area contributed by atoms with Crippen molar-refractivity contribution >= 4 is 17.8 Å². The fraction of sp³-hybridized carbons (Fsp3) is 0.500. The van der Waals surface area contributed by atoms with E-state index in [1.807, 2.05) is 0 Å². The summed E-state index contributed by atoms with van der Waals surface area (Å²) in [5, 5.41) is 12.9. The quantitative estimate of drug-likeness (QED) is 0.704. The number of anilines is 1. The van der Waals surface area contributed by atoms with E-state index >= 15 is 0 Å². The summed E-state index contributed by atoms with van der Waals surface area (Å²) in [7, 11) is 0. The Morgan fingerprint density at radius 3 is 2.76 bits per heavy atom. The van der Waals surface area contributed by atoms with E-state index in [1.54, 1.807) is 11.9 Å². The maximum Gasteiger partial charge on any atom is 0.361 e. The third-order valence-electron chi connectivity index (χ3n) is 3.44. The number of hydrogen-bond donors (Lipinski definition) is 1. The Morgan fingerprint density at radius 1 is 1.33 bits per heavy atom. The Hall–Kier alpha value is -2.58. The smallest absolute Gasteiger partial charge is 0.361 e. The van der Waals surface area contributed by atoms with Gasteiger partial charge in [-0.05, 0) is 13.3 Å². The summed E-state index contributed by atoms with van der Waals surface area (Å²) in [5.74, 6) is -1.72. The van der Waals surface area contributed by atoms with Crippen LogP contribution in [0, 0.1) is 0 Å². The van der Waals surface area contributed by atoms with Crippen LogP contribution >= 0.6 is 0 Å². The largest absolute Gasteiger partial charge is 0.501 e. The molecule has 0 bridgehead atoms. The van der Waals surface area contributed by atoms with Gasteiger partial charge in [0.1, 0.15) is 6.54 Å². The van der Waals surface area contributed by atoms with Crippen molar-refractivity contribution < 1.29 is 19.4 Å². The monoisotopic (exact) mass is 294 g/mol. The summed E-state index contributed by atoms with van der Waals surface area (Å²) in [5.41, 5.74) is -1.24. The summed E-state index contributed by atoms with van der Waals surface area (Å²) in [4.78, 5) is 39.9. The van der Waals surface area contributed by atoms with Crippen molar-refractivity contribution in [3.05, 3.63) is 16.0 Å². The van der Waals surface area contributed by atoms with E-state index in [4.69, 9.17) is 4.74 Å². The molecule has 2 aliphatic rings. The van der Waals surface area contributed by atoms with E-state index < -0.39 is 23.0 Å². The van der Waals surface area contributed by atoms with Crippen molar-refractivity contribution in [1.82, 2.24) is 14.6 Å². The molecule has 0 aliphatic carbocycles. The van der Waals surface area contributed by atoms with Crippen LogP contribution < -0.4 is 10.6 Å². The first-order valence-electron chi connectivity index (χ1n) is 6.63. The van der Waals surface area contributed by atoms with Crippen LogP contribution in [-0.4, -0.2) is 51.2 Å². The molecule has 9 nitrogen and oxygen atoms in total. The average Bonchev–Trinajstić information content (AvgIpc) is 2.94. The number of ether oxygens (including phenoxy) is 1. The molecule has 0 atom stereocenters. The van der Waals surface area contributed by atoms with Gasteiger partial charge in [-0.25, -0.2) is 14.8 Å². The van der Waals surface area contributed by atoms with Crippen LogP contribution in [0.1, 0.15) is 23.8 Å². The molecule has 1 aromatic rings. The number of hydrazine groups is 1. The Kier molecular flexibility index (Phi) is 3.04. The van der Waals surface area contributed by atoms with Gasteiger partial charge in [-0.1, -0.05) is 0 Å². The molecule has 112 valence electrons. The fourth-order valence-electron chi connectivity index (χ4n) is 2.51. The highest BCUT2D eigenvalue weighted by Gasteiger charge is 2.37. The highest BCUT2D eigenvalue weighted by Crippen LogP contribution is 2.26. The molecule has 21 heavy (non-hydrogen) atoms. The molecule has 9 heteroatoms. The van der Waals surface area contributed by atoms with Crippen LogP contribution in [0.15, 0.2) is 4.79 Å². The van der Waals surface area contributed by atoms with Gasteiger partial charge in [0.25, 0.3) is 11.5 Å². The van der Waals surface area contributed by atoms with Gasteiger partial charge in [0.2, 0.25) is 11.7 Å². The van der Waals surface area contributed by atoms with Crippen molar-refractivity contribution in [3.63, 3.8) is 0 Å². The lowest BCUT2D eigenvalue weighted by molar-refractivity contribution is -0.132. The number of nitrogens with zero attached hydrogens (tertiary/aromatic N) is 4. The minimum absolute atomic E-state index is 0.104. The lowest BCUT2D eigenvalue weighted by atomic mass is 10.3. The second kappa shape index (κ2) is 4.76. The van der Waals surface area contributed by atoms with E-state index in [2.05, 4.69) is 4.98 Å². The molecular formula is C12H14N4O5. The molecule has 0 saturated carbocycles. The zero-order chi connectivity index (χ0) is 15.1. The predicted octanol–water partition coefficient (Wildman–Crippen LogP) is -0.907. The standard InChI is InChI=1S/C12H14N4O5/c1-2-21-11(20)8-9(18)10(19)14-6-7(17)15-4-3-5-16(15)12(14)13-8/h18H,2-6H2,1H3. The predicted molar refractivity (Wildman–Crippen MR) is 69.8 cm³/mol. The van der Waals surface area contributed by atoms with Crippen LogP contribution in [0.25, 0.3) is 0 Å². The number of carbonyl (C=O) groups excluding carboxylic acids is 2. The molecular weight excluding hydrogens is 280 g/mol. The van der Waals surface area contributed by atoms with E-state index in [0.717, 1.165) is 11.0 Å². The highest BCUT2D eigenvalue weighted by atomic mass is 16.5. The first kappa shape index (κ1) is 13.4. The number of hydrogen-bond acceptors (Lipinski definition) is 7. The first-order chi connectivity index (χ1) is 10.0. The minimum Gasteiger partial charge on any atom is -0.501 e. The zero-order valence-corrected chi connectivity index (χ0v) is 11.4. The molecule has 1 N–H and O–H groups in total. The summed E-state index contributed by atoms with van der Waals surface area (Å²) >= 11 is 0. The maximum atomic E-state index is 12.1. The van der Waals surface area contributed by atoms with Crippen molar-refractivity contribution in [2.45, 2.75) is 19.9 Å². The molecule has 0 radical (unpaired) electrons. The highest BCUT2D eigenvalue weighted by molar-refractivity contribution is 5.90. The van der Waals surface area contributed by atoms with Gasteiger partial charge in [0, 0.05) is 13.1 Å². The van der Waals surface area contributed by atoms with Crippen molar-refractivity contribution in [2.75, 3.05) is 24.7 Å². The van der Waals surface area contributed by atoms with Crippen molar-refractivity contribution in [3.8, 4) is 5.75 Å². The maximum absolute atomic E-state index is 12.1. The SMILES string of the molecule is CCOC(=O)c1nc2n(c(=O)c1O)CC(=O)N1CCCN21. The van der Waals surface area contributed by atoms with Gasteiger partial charge >= 0.3 is 5.97 Å². The second-order valence-electron chi connectivity index (χ2n) is 4.71. The lowest BCUT2D eigenvalue weighted by Crippen LogP contribution is -2.51. The molecule has 0 aromatic carbocycles. The van der Waals surface area contributed by atoms with Gasteiger partial charge < -0.3 is 9.84 Å². The van der Waals surface area contributed by atoms with E-state index in [1.165, 1.54) is 5.01 Å². The number of aromatic hydroxyl groups is 1. The van der Waals surface area contributed by atoms with E-state index in [-0.39, 0.29) is 25.0 Å². The van der Waals surface area contributed by atoms with Crippen molar-refractivity contribution in [2.24, 2.45) is 0 Å². The van der Waals surface area contributed by atoms with Gasteiger partial charge in [-0.2, -0.15) is 0 Å². The lowest BCUT2D eigenvalue weighted by Gasteiger charge is -2.34. The number of aromatic nitrogens is 2. The second-order valence-corrected chi connectivity index (χ2v) is 4.71. The Bertz CT molecular complexity index is 683. The third-order valence-corrected chi connectivity index (χ3v) is 3.44. The first-order valence-corrected chi connectivity index (χ1v) is 6.63. The van der Waals surface area contributed by atoms with Crippen LogP contribution in [0.2, 0.25) is 0 Å². The van der Waals surface area contributed by atoms with E-state index in [0.29, 0.717) is 13.1 Å². The Labute approximate surface area is 119 Å². The average molecular weight is 294 g/mol. The van der Waals surface area contributed by atoms with Gasteiger partial charge in [0.15, 0.2) is 5.69 Å². The summed E-state index contributed by atoms with van der Waals surface area (Å²) < 4.78 is 5.85. The molecule has 3 heterocycles. The molecule has 1 aromatic heterocycles. The van der Waals surface area contributed by atoms with Crippen molar-refractivity contribution in [1.29, 1.82) is 0 Å². The molecule has 3 rings (SSSR count). The van der Waals surface area contributed by atoms with Crippen LogP contribution in [0.5, 0.6) is 5.75 Å². The third kappa shape index (κ3) is 1.92. The molecule has 1 saturated heterocycles.